The minimum atomic E-state index is -4.69. The van der Waals surface area contributed by atoms with Crippen molar-refractivity contribution in [3.05, 3.63) is 71.1 Å². The Balaban J connectivity index is 1.58. The summed E-state index contributed by atoms with van der Waals surface area (Å²) in [4.78, 5) is 24.6. The van der Waals surface area contributed by atoms with Crippen LogP contribution in [0.3, 0.4) is 0 Å². The maximum atomic E-state index is 13.5. The van der Waals surface area contributed by atoms with Gasteiger partial charge in [0.05, 0.1) is 22.6 Å². The van der Waals surface area contributed by atoms with Gasteiger partial charge in [-0.3, -0.25) is 9.78 Å². The molecule has 10 heteroatoms. The summed E-state index contributed by atoms with van der Waals surface area (Å²) in [5, 5.41) is 2.76. The van der Waals surface area contributed by atoms with Gasteiger partial charge in [0.25, 0.3) is 5.91 Å². The van der Waals surface area contributed by atoms with Crippen molar-refractivity contribution in [1.29, 1.82) is 0 Å². The van der Waals surface area contributed by atoms with Crippen LogP contribution >= 0.6 is 0 Å². The lowest BCUT2D eigenvalue weighted by Crippen LogP contribution is -2.32. The highest BCUT2D eigenvalue weighted by Crippen LogP contribution is 2.32. The van der Waals surface area contributed by atoms with Crippen LogP contribution in [0.15, 0.2) is 42.9 Å². The number of hydrogen-bond donors (Lipinski definition) is 1. The molecule has 30 heavy (non-hydrogen) atoms. The number of hydrogen-bond acceptors (Lipinski definition) is 5. The molecule has 0 atom stereocenters. The van der Waals surface area contributed by atoms with Crippen LogP contribution in [0, 0.1) is 5.82 Å². The van der Waals surface area contributed by atoms with E-state index in [0.29, 0.717) is 41.7 Å². The molecule has 6 nitrogen and oxygen atoms in total. The molecule has 0 spiro atoms. The minimum absolute atomic E-state index is 0.191. The Bertz CT molecular complexity index is 1120. The zero-order valence-electron chi connectivity index (χ0n) is 15.3. The van der Waals surface area contributed by atoms with E-state index in [4.69, 9.17) is 4.74 Å². The fraction of sp³-hybridized carbons (Fsp3) is 0.200. The Labute approximate surface area is 168 Å². The second-order valence-electron chi connectivity index (χ2n) is 6.55. The second kappa shape index (κ2) is 7.69. The van der Waals surface area contributed by atoms with E-state index in [9.17, 15) is 22.4 Å². The van der Waals surface area contributed by atoms with Crippen LogP contribution in [0.2, 0.25) is 0 Å². The van der Waals surface area contributed by atoms with E-state index in [0.717, 1.165) is 17.7 Å². The van der Waals surface area contributed by atoms with Crippen molar-refractivity contribution in [2.45, 2.75) is 19.2 Å². The normalized spacial score (nSPS) is 13.5. The van der Waals surface area contributed by atoms with Crippen LogP contribution in [-0.2, 0) is 19.2 Å². The number of carbonyl (C=O) groups is 1. The molecule has 1 aliphatic heterocycles. The Morgan fingerprint density at radius 1 is 1.10 bits per heavy atom. The molecule has 3 heterocycles. The van der Waals surface area contributed by atoms with Gasteiger partial charge in [0.15, 0.2) is 0 Å². The maximum Gasteiger partial charge on any atom is 0.416 e. The molecule has 1 N–H and O–H groups in total. The van der Waals surface area contributed by atoms with E-state index in [1.54, 1.807) is 12.1 Å². The predicted octanol–water partition coefficient (Wildman–Crippen LogP) is 3.56. The van der Waals surface area contributed by atoms with Crippen LogP contribution < -0.4 is 10.1 Å². The molecule has 3 aromatic rings. The molecule has 2 aromatic heterocycles. The van der Waals surface area contributed by atoms with Crippen molar-refractivity contribution in [3.8, 4) is 17.1 Å². The fourth-order valence-electron chi connectivity index (χ4n) is 3.15. The monoisotopic (exact) mass is 418 g/mol. The summed E-state index contributed by atoms with van der Waals surface area (Å²) in [5.74, 6) is -1.51. The highest BCUT2D eigenvalue weighted by molar-refractivity contribution is 5.98. The number of amides is 1. The number of fused-ring (bicyclic) bond motifs is 1. The van der Waals surface area contributed by atoms with E-state index in [1.807, 2.05) is 0 Å². The SMILES string of the molecule is O=C1NCCc2c1ccnc2-c1cc(COc2cc(F)cc(C(F)(F)F)c2)ncn1. The zero-order valence-corrected chi connectivity index (χ0v) is 15.3. The van der Waals surface area contributed by atoms with Crippen LogP contribution in [0.25, 0.3) is 11.4 Å². The molecule has 0 saturated heterocycles. The first-order valence-electron chi connectivity index (χ1n) is 8.89. The molecule has 0 saturated carbocycles. The van der Waals surface area contributed by atoms with Gasteiger partial charge in [-0.15, -0.1) is 0 Å². The molecular formula is C20H14F4N4O2. The summed E-state index contributed by atoms with van der Waals surface area (Å²) in [6, 6.07) is 5.18. The van der Waals surface area contributed by atoms with Crippen molar-refractivity contribution in [1.82, 2.24) is 20.3 Å². The molecule has 1 aliphatic rings. The Hall–Kier alpha value is -3.56. The second-order valence-corrected chi connectivity index (χ2v) is 6.55. The van der Waals surface area contributed by atoms with Gasteiger partial charge in [-0.1, -0.05) is 0 Å². The van der Waals surface area contributed by atoms with E-state index in [1.165, 1.54) is 12.5 Å². The van der Waals surface area contributed by atoms with E-state index < -0.39 is 17.6 Å². The number of nitrogens with one attached hydrogen (secondary N) is 1. The topological polar surface area (TPSA) is 77.0 Å². The van der Waals surface area contributed by atoms with Crippen molar-refractivity contribution in [3.63, 3.8) is 0 Å². The Morgan fingerprint density at radius 2 is 1.93 bits per heavy atom. The van der Waals surface area contributed by atoms with Gasteiger partial charge in [-0.05, 0) is 36.2 Å². The van der Waals surface area contributed by atoms with Crippen LogP contribution in [0.5, 0.6) is 5.75 Å². The lowest BCUT2D eigenvalue weighted by atomic mass is 9.97. The van der Waals surface area contributed by atoms with Crippen molar-refractivity contribution in [2.75, 3.05) is 6.54 Å². The smallest absolute Gasteiger partial charge is 0.416 e. The van der Waals surface area contributed by atoms with Gasteiger partial charge in [0.2, 0.25) is 0 Å². The number of benzene rings is 1. The number of carbonyl (C=O) groups excluding carboxylic acids is 1. The third-order valence-corrected chi connectivity index (χ3v) is 4.51. The number of nitrogens with zero attached hydrogens (tertiary/aromatic N) is 3. The number of aromatic nitrogens is 3. The highest BCUT2D eigenvalue weighted by atomic mass is 19.4. The van der Waals surface area contributed by atoms with Gasteiger partial charge in [-0.25, -0.2) is 14.4 Å². The summed E-state index contributed by atoms with van der Waals surface area (Å²) in [7, 11) is 0. The molecule has 1 aromatic carbocycles. The third kappa shape index (κ3) is 4.07. The van der Waals surface area contributed by atoms with Gasteiger partial charge >= 0.3 is 6.18 Å². The molecular weight excluding hydrogens is 404 g/mol. The molecule has 0 bridgehead atoms. The summed E-state index contributed by atoms with van der Waals surface area (Å²) in [5.41, 5.74) is 1.46. The predicted molar refractivity (Wildman–Crippen MR) is 97.0 cm³/mol. The Morgan fingerprint density at radius 3 is 2.73 bits per heavy atom. The number of alkyl halides is 3. The number of pyridine rings is 1. The van der Waals surface area contributed by atoms with Crippen LogP contribution in [-0.4, -0.2) is 27.4 Å². The lowest BCUT2D eigenvalue weighted by molar-refractivity contribution is -0.137. The number of halogens is 4. The molecule has 0 radical (unpaired) electrons. The van der Waals surface area contributed by atoms with Crippen LogP contribution in [0.4, 0.5) is 17.6 Å². The summed E-state index contributed by atoms with van der Waals surface area (Å²) in [6.45, 7) is 0.276. The largest absolute Gasteiger partial charge is 0.487 e. The standard InChI is InChI=1S/C20H14F4N4O2/c21-12-5-11(20(22,23)24)6-14(7-12)30-9-13-8-17(28-10-27-13)18-15-1-4-26-19(29)16(15)2-3-25-18/h2-3,5-8,10H,1,4,9H2,(H,26,29). The van der Waals surface area contributed by atoms with Crippen molar-refractivity contribution >= 4 is 5.91 Å². The molecule has 0 unspecified atom stereocenters. The summed E-state index contributed by atoms with van der Waals surface area (Å²) < 4.78 is 57.3. The van der Waals surface area contributed by atoms with Crippen LogP contribution in [0.1, 0.15) is 27.2 Å². The first-order chi connectivity index (χ1) is 14.3. The minimum Gasteiger partial charge on any atom is -0.487 e. The van der Waals surface area contributed by atoms with Gasteiger partial charge in [0.1, 0.15) is 24.5 Å². The average molecular weight is 418 g/mol. The first kappa shape index (κ1) is 19.7. The van der Waals surface area contributed by atoms with Gasteiger partial charge < -0.3 is 10.1 Å². The van der Waals surface area contributed by atoms with E-state index in [-0.39, 0.29) is 18.3 Å². The Kier molecular flexibility index (Phi) is 5.06. The molecule has 154 valence electrons. The maximum absolute atomic E-state index is 13.5. The molecule has 0 aliphatic carbocycles. The molecule has 4 rings (SSSR count). The zero-order chi connectivity index (χ0) is 21.3. The lowest BCUT2D eigenvalue weighted by Gasteiger charge is -2.18. The van der Waals surface area contributed by atoms with Gasteiger partial charge in [-0.2, -0.15) is 13.2 Å². The van der Waals surface area contributed by atoms with E-state index >= 15 is 0 Å². The number of rotatable bonds is 4. The van der Waals surface area contributed by atoms with Gasteiger partial charge in [0, 0.05) is 24.4 Å². The summed E-state index contributed by atoms with van der Waals surface area (Å²) >= 11 is 0. The van der Waals surface area contributed by atoms with Crippen molar-refractivity contribution < 1.29 is 27.1 Å². The first-order valence-corrected chi connectivity index (χ1v) is 8.89. The number of ether oxygens (including phenoxy) is 1. The fourth-order valence-corrected chi connectivity index (χ4v) is 3.15. The highest BCUT2D eigenvalue weighted by Gasteiger charge is 2.31. The van der Waals surface area contributed by atoms with Crippen molar-refractivity contribution in [2.24, 2.45) is 0 Å². The third-order valence-electron chi connectivity index (χ3n) is 4.51. The molecule has 0 fully saturated rings. The average Bonchev–Trinajstić information content (AvgIpc) is 2.71. The quantitative estimate of drug-likeness (QED) is 0.656. The van der Waals surface area contributed by atoms with E-state index in [2.05, 4.69) is 20.3 Å². The molecule has 1 amide bonds. The summed E-state index contributed by atoms with van der Waals surface area (Å²) in [6.07, 6.45) is -1.33.